The van der Waals surface area contributed by atoms with Gasteiger partial charge in [0.15, 0.2) is 0 Å². The van der Waals surface area contributed by atoms with Crippen LogP contribution in [-0.2, 0) is 6.54 Å². The molecule has 0 atom stereocenters. The van der Waals surface area contributed by atoms with Crippen molar-refractivity contribution in [1.29, 1.82) is 0 Å². The van der Waals surface area contributed by atoms with Crippen LogP contribution in [0.25, 0.3) is 5.69 Å². The van der Waals surface area contributed by atoms with Crippen LogP contribution in [0.2, 0.25) is 5.02 Å². The van der Waals surface area contributed by atoms with E-state index in [0.717, 1.165) is 16.3 Å². The molecule has 2 nitrogen and oxygen atoms in total. The fraction of sp³-hybridized carbons (Fsp3) is 0.0909. The molecule has 72 valence electrons. The van der Waals surface area contributed by atoms with Gasteiger partial charge in [0.1, 0.15) is 0 Å². The molecule has 1 aromatic heterocycles. The largest absolute Gasteiger partial charge is 0.326 e. The molecule has 0 spiro atoms. The molecule has 0 bridgehead atoms. The molecule has 0 saturated carbocycles. The standard InChI is InChI=1S/C11H11ClN2/c12-10-1-3-11(4-2-10)14-6-5-9(7-13)8-14/h1-6,8H,7,13H2. The van der Waals surface area contributed by atoms with Gasteiger partial charge in [0.05, 0.1) is 0 Å². The molecule has 0 saturated heterocycles. The minimum Gasteiger partial charge on any atom is -0.326 e. The molecule has 14 heavy (non-hydrogen) atoms. The van der Waals surface area contributed by atoms with Gasteiger partial charge in [0, 0.05) is 29.6 Å². The lowest BCUT2D eigenvalue weighted by molar-refractivity contribution is 1.03. The van der Waals surface area contributed by atoms with Gasteiger partial charge in [0.2, 0.25) is 0 Å². The monoisotopic (exact) mass is 206 g/mol. The normalized spacial score (nSPS) is 10.4. The molecule has 2 N–H and O–H groups in total. The van der Waals surface area contributed by atoms with Crippen molar-refractivity contribution < 1.29 is 0 Å². The summed E-state index contributed by atoms with van der Waals surface area (Å²) in [7, 11) is 0. The Morgan fingerprint density at radius 3 is 2.43 bits per heavy atom. The summed E-state index contributed by atoms with van der Waals surface area (Å²) in [5, 5.41) is 0.750. The van der Waals surface area contributed by atoms with Gasteiger partial charge in [-0.3, -0.25) is 0 Å². The van der Waals surface area contributed by atoms with Crippen LogP contribution in [-0.4, -0.2) is 4.57 Å². The lowest BCUT2D eigenvalue weighted by Crippen LogP contribution is -1.94. The van der Waals surface area contributed by atoms with Crippen molar-refractivity contribution in [3.63, 3.8) is 0 Å². The Morgan fingerprint density at radius 2 is 1.86 bits per heavy atom. The second-order valence-corrected chi connectivity index (χ2v) is 3.54. The summed E-state index contributed by atoms with van der Waals surface area (Å²) in [6, 6.07) is 9.71. The number of nitrogens with zero attached hydrogens (tertiary/aromatic N) is 1. The van der Waals surface area contributed by atoms with Gasteiger partial charge in [0.25, 0.3) is 0 Å². The quantitative estimate of drug-likeness (QED) is 0.805. The molecule has 1 aromatic carbocycles. The van der Waals surface area contributed by atoms with Crippen LogP contribution in [0.15, 0.2) is 42.7 Å². The number of benzene rings is 1. The molecular formula is C11H11ClN2. The SMILES string of the molecule is NCc1ccn(-c2ccc(Cl)cc2)c1. The summed E-state index contributed by atoms with van der Waals surface area (Å²) >= 11 is 5.80. The molecule has 0 radical (unpaired) electrons. The lowest BCUT2D eigenvalue weighted by atomic mass is 10.3. The first-order chi connectivity index (χ1) is 6.79. The summed E-state index contributed by atoms with van der Waals surface area (Å²) in [6.45, 7) is 0.570. The minimum atomic E-state index is 0.570. The number of nitrogens with two attached hydrogens (primary N) is 1. The van der Waals surface area contributed by atoms with Crippen LogP contribution in [0.1, 0.15) is 5.56 Å². The van der Waals surface area contributed by atoms with Crippen molar-refractivity contribution in [3.05, 3.63) is 53.3 Å². The van der Waals surface area contributed by atoms with E-state index in [4.69, 9.17) is 17.3 Å². The van der Waals surface area contributed by atoms with E-state index in [1.54, 1.807) is 0 Å². The second kappa shape index (κ2) is 3.86. The van der Waals surface area contributed by atoms with Gasteiger partial charge in [-0.05, 0) is 35.9 Å². The van der Waals surface area contributed by atoms with Crippen molar-refractivity contribution >= 4 is 11.6 Å². The first kappa shape index (κ1) is 9.31. The molecular weight excluding hydrogens is 196 g/mol. The van der Waals surface area contributed by atoms with Crippen LogP contribution in [0.4, 0.5) is 0 Å². The highest BCUT2D eigenvalue weighted by Crippen LogP contribution is 2.14. The number of aromatic nitrogens is 1. The van der Waals surface area contributed by atoms with Crippen LogP contribution in [0.5, 0.6) is 0 Å². The first-order valence-electron chi connectivity index (χ1n) is 4.42. The Hall–Kier alpha value is -1.25. The van der Waals surface area contributed by atoms with E-state index in [0.29, 0.717) is 6.54 Å². The third kappa shape index (κ3) is 1.81. The second-order valence-electron chi connectivity index (χ2n) is 3.11. The van der Waals surface area contributed by atoms with E-state index in [1.165, 1.54) is 0 Å². The third-order valence-electron chi connectivity index (χ3n) is 2.11. The molecule has 0 aliphatic carbocycles. The van der Waals surface area contributed by atoms with Crippen molar-refractivity contribution in [2.75, 3.05) is 0 Å². The van der Waals surface area contributed by atoms with E-state index in [2.05, 4.69) is 0 Å². The predicted octanol–water partition coefficient (Wildman–Crippen LogP) is 2.59. The minimum absolute atomic E-state index is 0.570. The maximum atomic E-state index is 5.80. The van der Waals surface area contributed by atoms with Crippen molar-refractivity contribution in [1.82, 2.24) is 4.57 Å². The van der Waals surface area contributed by atoms with Gasteiger partial charge in [-0.15, -0.1) is 0 Å². The maximum absolute atomic E-state index is 5.80. The van der Waals surface area contributed by atoms with Gasteiger partial charge < -0.3 is 10.3 Å². The lowest BCUT2D eigenvalue weighted by Gasteiger charge is -2.01. The molecule has 2 rings (SSSR count). The van der Waals surface area contributed by atoms with Gasteiger partial charge in [-0.25, -0.2) is 0 Å². The number of halogens is 1. The first-order valence-corrected chi connectivity index (χ1v) is 4.80. The molecule has 0 amide bonds. The van der Waals surface area contributed by atoms with Gasteiger partial charge >= 0.3 is 0 Å². The molecule has 0 aliphatic heterocycles. The van der Waals surface area contributed by atoms with E-state index in [1.807, 2.05) is 47.3 Å². The van der Waals surface area contributed by atoms with Crippen molar-refractivity contribution in [2.24, 2.45) is 5.73 Å². The Balaban J connectivity index is 2.34. The van der Waals surface area contributed by atoms with Crippen molar-refractivity contribution in [2.45, 2.75) is 6.54 Å². The summed E-state index contributed by atoms with van der Waals surface area (Å²) in [4.78, 5) is 0. The molecule has 2 aromatic rings. The Labute approximate surface area is 87.9 Å². The Morgan fingerprint density at radius 1 is 1.14 bits per heavy atom. The zero-order valence-corrected chi connectivity index (χ0v) is 8.41. The molecule has 3 heteroatoms. The predicted molar refractivity (Wildman–Crippen MR) is 58.7 cm³/mol. The number of rotatable bonds is 2. The van der Waals surface area contributed by atoms with Gasteiger partial charge in [-0.1, -0.05) is 11.6 Å². The fourth-order valence-corrected chi connectivity index (χ4v) is 1.46. The Bertz CT molecular complexity index is 417. The molecule has 0 aliphatic rings. The topological polar surface area (TPSA) is 30.9 Å². The summed E-state index contributed by atoms with van der Waals surface area (Å²) in [5.41, 5.74) is 7.75. The van der Waals surface area contributed by atoms with Crippen LogP contribution >= 0.6 is 11.6 Å². The Kier molecular flexibility index (Phi) is 2.57. The van der Waals surface area contributed by atoms with E-state index >= 15 is 0 Å². The summed E-state index contributed by atoms with van der Waals surface area (Å²) < 4.78 is 2.03. The van der Waals surface area contributed by atoms with E-state index < -0.39 is 0 Å². The van der Waals surface area contributed by atoms with Crippen LogP contribution in [0.3, 0.4) is 0 Å². The zero-order valence-electron chi connectivity index (χ0n) is 7.65. The highest BCUT2D eigenvalue weighted by Gasteiger charge is 1.97. The fourth-order valence-electron chi connectivity index (χ4n) is 1.34. The summed E-state index contributed by atoms with van der Waals surface area (Å²) in [6.07, 6.45) is 4.01. The third-order valence-corrected chi connectivity index (χ3v) is 2.37. The molecule has 0 fully saturated rings. The molecule has 0 unspecified atom stereocenters. The highest BCUT2D eigenvalue weighted by atomic mass is 35.5. The van der Waals surface area contributed by atoms with Crippen LogP contribution < -0.4 is 5.73 Å². The van der Waals surface area contributed by atoms with Crippen LogP contribution in [0, 0.1) is 0 Å². The average molecular weight is 207 g/mol. The molecule has 1 heterocycles. The van der Waals surface area contributed by atoms with Crippen molar-refractivity contribution in [3.8, 4) is 5.69 Å². The smallest absolute Gasteiger partial charge is 0.0450 e. The van der Waals surface area contributed by atoms with Gasteiger partial charge in [-0.2, -0.15) is 0 Å². The zero-order chi connectivity index (χ0) is 9.97. The van der Waals surface area contributed by atoms with E-state index in [-0.39, 0.29) is 0 Å². The number of hydrogen-bond acceptors (Lipinski definition) is 1. The highest BCUT2D eigenvalue weighted by molar-refractivity contribution is 6.30. The summed E-state index contributed by atoms with van der Waals surface area (Å²) in [5.74, 6) is 0. The maximum Gasteiger partial charge on any atom is 0.0450 e. The average Bonchev–Trinajstić information content (AvgIpc) is 2.67. The van der Waals surface area contributed by atoms with E-state index in [9.17, 15) is 0 Å². The number of hydrogen-bond donors (Lipinski definition) is 1.